The van der Waals surface area contributed by atoms with Crippen molar-refractivity contribution in [3.63, 3.8) is 0 Å². The molecule has 0 aliphatic heterocycles. The number of nitro groups is 1. The van der Waals surface area contributed by atoms with Crippen molar-refractivity contribution >= 4 is 40.3 Å². The highest BCUT2D eigenvalue weighted by molar-refractivity contribution is 7.17. The fraction of sp³-hybridized carbons (Fsp3) is 0.222. The lowest BCUT2D eigenvalue weighted by Crippen LogP contribution is -1.85. The average molecular weight is 246 g/mol. The van der Waals surface area contributed by atoms with Gasteiger partial charge >= 0.3 is 5.00 Å². The van der Waals surface area contributed by atoms with Gasteiger partial charge < -0.3 is 0 Å². The molecule has 0 saturated heterocycles. The summed E-state index contributed by atoms with van der Waals surface area (Å²) in [5.74, 6) is 0.467. The first kappa shape index (κ1) is 11.9. The Balaban J connectivity index is 2.98. The fourth-order valence-electron chi connectivity index (χ4n) is 1.01. The van der Waals surface area contributed by atoms with Crippen LogP contribution in [0.4, 0.5) is 5.00 Å². The van der Waals surface area contributed by atoms with Crippen LogP contribution < -0.4 is 0 Å². The van der Waals surface area contributed by atoms with Crippen molar-refractivity contribution in [2.75, 3.05) is 5.88 Å². The Morgan fingerprint density at radius 3 is 2.87 bits per heavy atom. The first-order valence-electron chi connectivity index (χ1n) is 4.15. The van der Waals surface area contributed by atoms with E-state index in [1.807, 2.05) is 0 Å². The summed E-state index contributed by atoms with van der Waals surface area (Å²) in [6.45, 7) is 0. The van der Waals surface area contributed by atoms with Crippen molar-refractivity contribution in [3.05, 3.63) is 32.7 Å². The Labute approximate surface area is 95.3 Å². The quantitative estimate of drug-likeness (QED) is 0.347. The maximum Gasteiger partial charge on any atom is 0.331 e. The minimum Gasteiger partial charge on any atom is -0.297 e. The van der Waals surface area contributed by atoms with Gasteiger partial charge in [-0.1, -0.05) is 23.5 Å². The van der Waals surface area contributed by atoms with Gasteiger partial charge in [-0.15, -0.1) is 11.6 Å². The molecule has 0 aliphatic carbocycles. The number of alkyl halides is 1. The van der Waals surface area contributed by atoms with Crippen molar-refractivity contribution in [2.24, 2.45) is 0 Å². The van der Waals surface area contributed by atoms with E-state index in [9.17, 15) is 14.9 Å². The molecule has 1 rings (SSSR count). The van der Waals surface area contributed by atoms with Crippen molar-refractivity contribution in [1.82, 2.24) is 0 Å². The molecule has 0 saturated carbocycles. The van der Waals surface area contributed by atoms with Crippen molar-refractivity contribution in [1.29, 1.82) is 0 Å². The number of allylic oxidation sites excluding steroid dienone is 1. The van der Waals surface area contributed by atoms with Crippen LogP contribution in [0.1, 0.15) is 21.7 Å². The van der Waals surface area contributed by atoms with E-state index in [0.29, 0.717) is 29.0 Å². The maximum absolute atomic E-state index is 10.6. The molecule has 0 radical (unpaired) electrons. The predicted molar refractivity (Wildman–Crippen MR) is 60.7 cm³/mol. The van der Waals surface area contributed by atoms with Gasteiger partial charge in [-0.3, -0.25) is 14.9 Å². The summed E-state index contributed by atoms with van der Waals surface area (Å²) < 4.78 is 0. The minimum atomic E-state index is -0.488. The third kappa shape index (κ3) is 3.14. The topological polar surface area (TPSA) is 60.2 Å². The second-order valence-corrected chi connectivity index (χ2v) is 4.10. The van der Waals surface area contributed by atoms with Crippen LogP contribution in [-0.4, -0.2) is 17.1 Å². The summed E-state index contributed by atoms with van der Waals surface area (Å²) in [6, 6.07) is 1.50. The first-order chi connectivity index (χ1) is 7.19. The number of aldehydes is 1. The van der Waals surface area contributed by atoms with E-state index < -0.39 is 4.92 Å². The molecule has 4 nitrogen and oxygen atoms in total. The summed E-state index contributed by atoms with van der Waals surface area (Å²) in [7, 11) is 0. The van der Waals surface area contributed by atoms with E-state index in [4.69, 9.17) is 11.6 Å². The molecule has 1 aromatic heterocycles. The Bertz CT molecular complexity index is 400. The van der Waals surface area contributed by atoms with Crippen LogP contribution in [0.2, 0.25) is 0 Å². The van der Waals surface area contributed by atoms with E-state index in [-0.39, 0.29) is 5.00 Å². The lowest BCUT2D eigenvalue weighted by atomic mass is 10.2. The highest BCUT2D eigenvalue weighted by Crippen LogP contribution is 2.30. The highest BCUT2D eigenvalue weighted by atomic mass is 35.5. The molecule has 0 aromatic carbocycles. The largest absolute Gasteiger partial charge is 0.331 e. The molecule has 0 N–H and O–H groups in total. The third-order valence-corrected chi connectivity index (χ3v) is 2.86. The van der Waals surface area contributed by atoms with Crippen LogP contribution in [-0.2, 0) is 0 Å². The molecule has 0 aliphatic rings. The molecule has 0 spiro atoms. The molecule has 1 heterocycles. The molecule has 15 heavy (non-hydrogen) atoms. The number of halogens is 1. The van der Waals surface area contributed by atoms with Gasteiger partial charge in [-0.2, -0.15) is 0 Å². The van der Waals surface area contributed by atoms with Crippen molar-refractivity contribution in [2.45, 2.75) is 6.42 Å². The lowest BCUT2D eigenvalue weighted by molar-refractivity contribution is -0.380. The highest BCUT2D eigenvalue weighted by Gasteiger charge is 2.16. The Kier molecular flexibility index (Phi) is 4.45. The molecular weight excluding hydrogens is 238 g/mol. The summed E-state index contributed by atoms with van der Waals surface area (Å²) >= 11 is 6.34. The summed E-state index contributed by atoms with van der Waals surface area (Å²) in [6.07, 6.45) is 4.61. The zero-order valence-corrected chi connectivity index (χ0v) is 9.25. The number of carbonyl (C=O) groups excluding carboxylic acids is 1. The van der Waals surface area contributed by atoms with Crippen LogP contribution in [0.15, 0.2) is 12.1 Å². The standard InChI is InChI=1S/C9H8ClNO3S/c10-4-2-1-3-7-5-8(6-12)15-9(7)11(13)14/h1,3,5-6H,2,4H2. The van der Waals surface area contributed by atoms with Crippen molar-refractivity contribution in [3.8, 4) is 0 Å². The van der Waals surface area contributed by atoms with E-state index in [1.54, 1.807) is 12.2 Å². The van der Waals surface area contributed by atoms with Crippen LogP contribution in [0.25, 0.3) is 6.08 Å². The number of hydrogen-bond donors (Lipinski definition) is 0. The fourth-order valence-corrected chi connectivity index (χ4v) is 1.91. The molecule has 0 bridgehead atoms. The number of rotatable bonds is 5. The van der Waals surface area contributed by atoms with Crippen LogP contribution in [0, 0.1) is 10.1 Å². The molecule has 0 atom stereocenters. The first-order valence-corrected chi connectivity index (χ1v) is 5.50. The van der Waals surface area contributed by atoms with E-state index in [0.717, 1.165) is 11.3 Å². The molecule has 0 fully saturated rings. The van der Waals surface area contributed by atoms with E-state index in [2.05, 4.69) is 0 Å². The molecule has 6 heteroatoms. The van der Waals surface area contributed by atoms with Gasteiger partial charge in [0, 0.05) is 5.88 Å². The number of nitrogens with zero attached hydrogens (tertiary/aromatic N) is 1. The summed E-state index contributed by atoms with van der Waals surface area (Å²) in [5.41, 5.74) is 0.456. The van der Waals surface area contributed by atoms with Gasteiger partial charge in [0.2, 0.25) is 0 Å². The third-order valence-electron chi connectivity index (χ3n) is 1.61. The van der Waals surface area contributed by atoms with Gasteiger partial charge in [0.05, 0.1) is 15.4 Å². The zero-order valence-electron chi connectivity index (χ0n) is 7.68. The van der Waals surface area contributed by atoms with Gasteiger partial charge in [0.1, 0.15) is 0 Å². The van der Waals surface area contributed by atoms with Crippen LogP contribution >= 0.6 is 22.9 Å². The van der Waals surface area contributed by atoms with Crippen LogP contribution in [0.5, 0.6) is 0 Å². The second-order valence-electron chi connectivity index (χ2n) is 2.66. The maximum atomic E-state index is 10.6. The Morgan fingerprint density at radius 1 is 1.60 bits per heavy atom. The van der Waals surface area contributed by atoms with E-state index >= 15 is 0 Å². The van der Waals surface area contributed by atoms with Gasteiger partial charge in [0.25, 0.3) is 0 Å². The second kappa shape index (κ2) is 5.63. The SMILES string of the molecule is O=Cc1cc(C=CCCCl)c([N+](=O)[O-])s1. The molecule has 0 unspecified atom stereocenters. The number of hydrogen-bond acceptors (Lipinski definition) is 4. The van der Waals surface area contributed by atoms with Gasteiger partial charge in [0.15, 0.2) is 6.29 Å². The number of carbonyl (C=O) groups is 1. The Hall–Kier alpha value is -1.20. The molecular formula is C9H8ClNO3S. The summed E-state index contributed by atoms with van der Waals surface area (Å²) in [4.78, 5) is 21.0. The minimum absolute atomic E-state index is 0.0112. The smallest absolute Gasteiger partial charge is 0.297 e. The van der Waals surface area contributed by atoms with E-state index in [1.165, 1.54) is 6.07 Å². The monoisotopic (exact) mass is 245 g/mol. The molecule has 1 aromatic rings. The summed E-state index contributed by atoms with van der Waals surface area (Å²) in [5, 5.41) is 10.6. The average Bonchev–Trinajstić information content (AvgIpc) is 2.62. The zero-order chi connectivity index (χ0) is 11.3. The van der Waals surface area contributed by atoms with Crippen molar-refractivity contribution < 1.29 is 9.72 Å². The lowest BCUT2D eigenvalue weighted by Gasteiger charge is -1.87. The van der Waals surface area contributed by atoms with Crippen LogP contribution in [0.3, 0.4) is 0 Å². The van der Waals surface area contributed by atoms with Gasteiger partial charge in [-0.05, 0) is 12.5 Å². The molecule has 80 valence electrons. The Morgan fingerprint density at radius 2 is 2.33 bits per heavy atom. The van der Waals surface area contributed by atoms with Gasteiger partial charge in [-0.25, -0.2) is 0 Å². The molecule has 0 amide bonds. The normalized spacial score (nSPS) is 10.7. The number of thiophene rings is 1. The predicted octanol–water partition coefficient (Wildman–Crippen LogP) is 3.11.